The summed E-state index contributed by atoms with van der Waals surface area (Å²) in [6.07, 6.45) is 7.56. The summed E-state index contributed by atoms with van der Waals surface area (Å²) in [4.78, 5) is 14.1. The zero-order valence-electron chi connectivity index (χ0n) is 15.9. The third-order valence-corrected chi connectivity index (χ3v) is 6.05. The highest BCUT2D eigenvalue weighted by atomic mass is 35.5. The predicted octanol–water partition coefficient (Wildman–Crippen LogP) is 4.64. The topological polar surface area (TPSA) is 75.8 Å². The lowest BCUT2D eigenvalue weighted by Crippen LogP contribution is -2.36. The molecule has 1 atom stereocenters. The zero-order valence-corrected chi connectivity index (χ0v) is 17.5. The fourth-order valence-corrected chi connectivity index (χ4v) is 4.36. The van der Waals surface area contributed by atoms with Gasteiger partial charge in [0.25, 0.3) is 0 Å². The SMILES string of the molecule is CCCCN1CCC(CC2CCc3c(N)c(Cl)cc(C(=O)O)c3O2)CC1.Cl. The predicted molar refractivity (Wildman–Crippen MR) is 111 cm³/mol. The van der Waals surface area contributed by atoms with Crippen LogP contribution < -0.4 is 10.5 Å². The van der Waals surface area contributed by atoms with Crippen molar-refractivity contribution in [3.63, 3.8) is 0 Å². The van der Waals surface area contributed by atoms with Crippen molar-refractivity contribution in [2.45, 2.75) is 58.0 Å². The molecule has 1 fully saturated rings. The number of carbonyl (C=O) groups is 1. The number of nitrogen functional groups attached to an aromatic ring is 1. The molecule has 2 aliphatic heterocycles. The van der Waals surface area contributed by atoms with Gasteiger partial charge in [-0.05, 0) is 70.1 Å². The molecule has 1 unspecified atom stereocenters. The lowest BCUT2D eigenvalue weighted by molar-refractivity contribution is 0.0679. The summed E-state index contributed by atoms with van der Waals surface area (Å²) in [6.45, 7) is 5.77. The molecule has 0 radical (unpaired) electrons. The van der Waals surface area contributed by atoms with Crippen LogP contribution in [0.25, 0.3) is 0 Å². The van der Waals surface area contributed by atoms with Crippen LogP contribution in [0.4, 0.5) is 5.69 Å². The summed E-state index contributed by atoms with van der Waals surface area (Å²) in [5.41, 5.74) is 7.37. The first-order valence-electron chi connectivity index (χ1n) is 9.72. The normalized spacial score (nSPS) is 20.4. The van der Waals surface area contributed by atoms with Crippen LogP contribution in [0.1, 0.15) is 61.4 Å². The van der Waals surface area contributed by atoms with Crippen LogP contribution in [0.3, 0.4) is 0 Å². The van der Waals surface area contributed by atoms with Gasteiger partial charge in [0.2, 0.25) is 0 Å². The number of hydrogen-bond acceptors (Lipinski definition) is 4. The second kappa shape index (κ2) is 9.85. The molecule has 1 aromatic rings. The molecule has 0 saturated carbocycles. The van der Waals surface area contributed by atoms with Gasteiger partial charge in [0.15, 0.2) is 0 Å². The van der Waals surface area contributed by atoms with Crippen molar-refractivity contribution in [1.29, 1.82) is 0 Å². The molecule has 0 spiro atoms. The first-order chi connectivity index (χ1) is 12.5. The van der Waals surface area contributed by atoms with Crippen molar-refractivity contribution in [3.8, 4) is 5.75 Å². The maximum absolute atomic E-state index is 11.6. The molecule has 7 heteroatoms. The molecular weight excluding hydrogens is 387 g/mol. The van der Waals surface area contributed by atoms with E-state index in [2.05, 4.69) is 11.8 Å². The van der Waals surface area contributed by atoms with E-state index < -0.39 is 5.97 Å². The number of carboxylic acids is 1. The van der Waals surface area contributed by atoms with Gasteiger partial charge in [-0.25, -0.2) is 4.79 Å². The number of halogens is 2. The minimum Gasteiger partial charge on any atom is -0.489 e. The molecule has 2 heterocycles. The number of rotatable bonds is 6. The summed E-state index contributed by atoms with van der Waals surface area (Å²) in [6, 6.07) is 1.41. The summed E-state index contributed by atoms with van der Waals surface area (Å²) in [5, 5.41) is 9.77. The Bertz CT molecular complexity index is 661. The quantitative estimate of drug-likeness (QED) is 0.660. The largest absolute Gasteiger partial charge is 0.489 e. The van der Waals surface area contributed by atoms with Gasteiger partial charge in [-0.3, -0.25) is 0 Å². The Morgan fingerprint density at radius 3 is 2.70 bits per heavy atom. The number of piperidine rings is 1. The maximum Gasteiger partial charge on any atom is 0.339 e. The van der Waals surface area contributed by atoms with Gasteiger partial charge in [-0.2, -0.15) is 0 Å². The van der Waals surface area contributed by atoms with Crippen LogP contribution >= 0.6 is 24.0 Å². The Balaban J connectivity index is 0.00000261. The summed E-state index contributed by atoms with van der Waals surface area (Å²) >= 11 is 6.09. The highest BCUT2D eigenvalue weighted by Gasteiger charge is 2.30. The van der Waals surface area contributed by atoms with Gasteiger partial charge >= 0.3 is 5.97 Å². The molecular formula is C20H30Cl2N2O3. The third kappa shape index (κ3) is 5.21. The van der Waals surface area contributed by atoms with Crippen molar-refractivity contribution < 1.29 is 14.6 Å². The van der Waals surface area contributed by atoms with Crippen molar-refractivity contribution in [3.05, 3.63) is 22.2 Å². The van der Waals surface area contributed by atoms with E-state index in [1.165, 1.54) is 38.3 Å². The standard InChI is InChI=1S/C20H29ClN2O3.ClH/c1-2-3-8-23-9-6-13(7-10-23)11-14-4-5-15-18(22)17(21)12-16(20(24)25)19(15)26-14;/h12-14H,2-11,22H2,1H3,(H,24,25);1H. The Kier molecular flexibility index (Phi) is 8.07. The van der Waals surface area contributed by atoms with E-state index in [0.29, 0.717) is 22.4 Å². The van der Waals surface area contributed by atoms with E-state index >= 15 is 0 Å². The average molecular weight is 417 g/mol. The molecule has 0 aromatic heterocycles. The molecule has 0 amide bonds. The van der Waals surface area contributed by atoms with Crippen molar-refractivity contribution in [2.75, 3.05) is 25.4 Å². The van der Waals surface area contributed by atoms with E-state index in [1.54, 1.807) is 0 Å². The number of ether oxygens (including phenoxy) is 1. The van der Waals surface area contributed by atoms with E-state index in [4.69, 9.17) is 22.1 Å². The van der Waals surface area contributed by atoms with Crippen molar-refractivity contribution in [2.24, 2.45) is 5.92 Å². The molecule has 1 aromatic carbocycles. The Hall–Kier alpha value is -1.17. The lowest BCUT2D eigenvalue weighted by atomic mass is 9.87. The fourth-order valence-electron chi connectivity index (χ4n) is 4.14. The molecule has 0 bridgehead atoms. The number of hydrogen-bond donors (Lipinski definition) is 2. The maximum atomic E-state index is 11.6. The Morgan fingerprint density at radius 2 is 2.07 bits per heavy atom. The molecule has 3 rings (SSSR count). The Labute approximate surface area is 172 Å². The summed E-state index contributed by atoms with van der Waals surface area (Å²) < 4.78 is 6.12. The molecule has 0 aliphatic carbocycles. The molecule has 1 saturated heterocycles. The van der Waals surface area contributed by atoms with Crippen LogP contribution in [0.2, 0.25) is 5.02 Å². The van der Waals surface area contributed by atoms with Crippen molar-refractivity contribution in [1.82, 2.24) is 4.90 Å². The van der Waals surface area contributed by atoms with Gasteiger partial charge in [-0.15, -0.1) is 12.4 Å². The minimum atomic E-state index is -1.02. The van der Waals surface area contributed by atoms with Gasteiger partial charge < -0.3 is 20.5 Å². The number of benzene rings is 1. The van der Waals surface area contributed by atoms with Crippen LogP contribution in [-0.4, -0.2) is 41.7 Å². The van der Waals surface area contributed by atoms with E-state index in [9.17, 15) is 9.90 Å². The fraction of sp³-hybridized carbons (Fsp3) is 0.650. The van der Waals surface area contributed by atoms with Crippen molar-refractivity contribution >= 4 is 35.7 Å². The number of nitrogens with zero attached hydrogens (tertiary/aromatic N) is 1. The smallest absolute Gasteiger partial charge is 0.339 e. The zero-order chi connectivity index (χ0) is 18.7. The van der Waals surface area contributed by atoms with Gasteiger partial charge in [0.05, 0.1) is 16.8 Å². The van der Waals surface area contributed by atoms with Crippen LogP contribution in [0, 0.1) is 5.92 Å². The number of fused-ring (bicyclic) bond motifs is 1. The molecule has 5 nitrogen and oxygen atoms in total. The monoisotopic (exact) mass is 416 g/mol. The van der Waals surface area contributed by atoms with E-state index in [-0.39, 0.29) is 24.1 Å². The van der Waals surface area contributed by atoms with Gasteiger partial charge in [-0.1, -0.05) is 24.9 Å². The van der Waals surface area contributed by atoms with E-state index in [1.807, 2.05) is 0 Å². The Morgan fingerprint density at radius 1 is 1.37 bits per heavy atom. The highest BCUT2D eigenvalue weighted by molar-refractivity contribution is 6.33. The minimum absolute atomic E-state index is 0. The number of likely N-dealkylation sites (tertiary alicyclic amines) is 1. The number of unbranched alkanes of at least 4 members (excludes halogenated alkanes) is 1. The second-order valence-corrected chi connectivity index (χ2v) is 7.99. The van der Waals surface area contributed by atoms with Gasteiger partial charge in [0.1, 0.15) is 11.3 Å². The number of aromatic carboxylic acids is 1. The summed E-state index contributed by atoms with van der Waals surface area (Å²) in [7, 11) is 0. The second-order valence-electron chi connectivity index (χ2n) is 7.59. The lowest BCUT2D eigenvalue weighted by Gasteiger charge is -2.35. The number of nitrogens with two attached hydrogens (primary N) is 1. The first-order valence-corrected chi connectivity index (χ1v) is 10.1. The molecule has 27 heavy (non-hydrogen) atoms. The van der Waals surface area contributed by atoms with Crippen LogP contribution in [0.15, 0.2) is 6.07 Å². The van der Waals surface area contributed by atoms with Crippen LogP contribution in [0.5, 0.6) is 5.75 Å². The van der Waals surface area contributed by atoms with Crippen LogP contribution in [-0.2, 0) is 6.42 Å². The summed E-state index contributed by atoms with van der Waals surface area (Å²) in [5.74, 6) is 0.0569. The highest BCUT2D eigenvalue weighted by Crippen LogP contribution is 2.41. The van der Waals surface area contributed by atoms with Gasteiger partial charge in [0, 0.05) is 5.56 Å². The van der Waals surface area contributed by atoms with E-state index in [0.717, 1.165) is 37.9 Å². The molecule has 2 aliphatic rings. The number of anilines is 1. The average Bonchev–Trinajstić information content (AvgIpc) is 2.64. The molecule has 3 N–H and O–H groups in total. The first kappa shape index (κ1) is 22.1. The third-order valence-electron chi connectivity index (χ3n) is 5.73. The molecule has 152 valence electrons. The number of carboxylic acid groups (broad SMARTS) is 1.